The molecule has 0 aliphatic carbocycles. The molecule has 6 nitrogen and oxygen atoms in total. The highest BCUT2D eigenvalue weighted by molar-refractivity contribution is 7.16. The van der Waals surface area contributed by atoms with Crippen molar-refractivity contribution in [1.29, 1.82) is 0 Å². The Bertz CT molecular complexity index is 815. The van der Waals surface area contributed by atoms with E-state index in [2.05, 4.69) is 0 Å². The molecule has 0 unspecified atom stereocenters. The molecule has 8 heteroatoms. The number of halogens is 1. The van der Waals surface area contributed by atoms with Crippen LogP contribution < -0.4 is 10.4 Å². The third-order valence-electron chi connectivity index (χ3n) is 3.73. The minimum absolute atomic E-state index is 0.0000954. The number of rotatable bonds is 3. The fourth-order valence-corrected chi connectivity index (χ4v) is 3.63. The molecule has 122 valence electrons. The third-order valence-corrected chi connectivity index (χ3v) is 4.94. The van der Waals surface area contributed by atoms with E-state index in [0.717, 1.165) is 4.88 Å². The summed E-state index contributed by atoms with van der Waals surface area (Å²) in [6.07, 6.45) is 1.52. The van der Waals surface area contributed by atoms with Gasteiger partial charge in [0.25, 0.3) is 5.91 Å². The Morgan fingerprint density at radius 3 is 2.65 bits per heavy atom. The zero-order chi connectivity index (χ0) is 16.7. The smallest absolute Gasteiger partial charge is 0.278 e. The van der Waals surface area contributed by atoms with E-state index >= 15 is 0 Å². The largest absolute Gasteiger partial charge is 0.502 e. The van der Waals surface area contributed by atoms with Crippen LogP contribution >= 0.6 is 22.9 Å². The molecule has 1 amide bonds. The van der Waals surface area contributed by atoms with Gasteiger partial charge in [0.05, 0.1) is 10.9 Å². The monoisotopic (exact) mass is 353 g/mol. The molecule has 0 bridgehead atoms. The molecule has 1 aliphatic rings. The van der Waals surface area contributed by atoms with Gasteiger partial charge >= 0.3 is 0 Å². The normalized spacial score (nSPS) is 14.5. The maximum absolute atomic E-state index is 12.6. The first kappa shape index (κ1) is 15.9. The molecule has 0 radical (unpaired) electrons. The van der Waals surface area contributed by atoms with Gasteiger partial charge in [0, 0.05) is 23.2 Å². The quantitative estimate of drug-likeness (QED) is 0.919. The Kier molecular flexibility index (Phi) is 4.08. The maximum Gasteiger partial charge on any atom is 0.278 e. The molecule has 3 heterocycles. The summed E-state index contributed by atoms with van der Waals surface area (Å²) in [5.41, 5.74) is -0.561. The molecule has 0 saturated carbocycles. The summed E-state index contributed by atoms with van der Waals surface area (Å²) in [5, 5.41) is 12.0. The van der Waals surface area contributed by atoms with Gasteiger partial charge < -0.3 is 10.0 Å². The van der Waals surface area contributed by atoms with E-state index < -0.39 is 11.2 Å². The SMILES string of the molecule is CC(C)N1CN(Cc2ccc(Cl)s2)n2ccc(=O)c(O)c2C1=O. The lowest BCUT2D eigenvalue weighted by molar-refractivity contribution is 0.0628. The minimum Gasteiger partial charge on any atom is -0.502 e. The van der Waals surface area contributed by atoms with Crippen LogP contribution in [0.1, 0.15) is 29.2 Å². The van der Waals surface area contributed by atoms with Crippen LogP contribution in [0.4, 0.5) is 0 Å². The minimum atomic E-state index is -0.561. The van der Waals surface area contributed by atoms with Crippen molar-refractivity contribution in [3.8, 4) is 5.75 Å². The maximum atomic E-state index is 12.6. The van der Waals surface area contributed by atoms with E-state index in [-0.39, 0.29) is 17.6 Å². The molecule has 0 saturated heterocycles. The summed E-state index contributed by atoms with van der Waals surface area (Å²) in [4.78, 5) is 26.9. The van der Waals surface area contributed by atoms with Crippen molar-refractivity contribution in [2.75, 3.05) is 11.7 Å². The number of thiophene rings is 1. The van der Waals surface area contributed by atoms with Crippen molar-refractivity contribution in [3.63, 3.8) is 0 Å². The van der Waals surface area contributed by atoms with Crippen LogP contribution in [0.3, 0.4) is 0 Å². The average molecular weight is 354 g/mol. The van der Waals surface area contributed by atoms with E-state index in [1.807, 2.05) is 31.0 Å². The molecule has 2 aromatic heterocycles. The molecule has 1 aliphatic heterocycles. The summed E-state index contributed by atoms with van der Waals surface area (Å²) in [7, 11) is 0. The molecule has 3 rings (SSSR count). The predicted octanol–water partition coefficient (Wildman–Crippen LogP) is 2.23. The van der Waals surface area contributed by atoms with E-state index in [0.29, 0.717) is 17.5 Å². The van der Waals surface area contributed by atoms with Crippen LogP contribution in [0.25, 0.3) is 0 Å². The molecular formula is C15H16ClN3O3S. The molecule has 1 N–H and O–H groups in total. The highest BCUT2D eigenvalue weighted by Crippen LogP contribution is 2.26. The summed E-state index contributed by atoms with van der Waals surface area (Å²) in [5.74, 6) is -0.868. The molecule has 0 aromatic carbocycles. The second-order valence-corrected chi connectivity index (χ2v) is 7.40. The van der Waals surface area contributed by atoms with Gasteiger partial charge in [0.15, 0.2) is 11.4 Å². The zero-order valence-electron chi connectivity index (χ0n) is 12.7. The number of aromatic hydroxyl groups is 1. The zero-order valence-corrected chi connectivity index (χ0v) is 14.3. The lowest BCUT2D eigenvalue weighted by Crippen LogP contribution is -2.55. The lowest BCUT2D eigenvalue weighted by Gasteiger charge is -2.41. The Hall–Kier alpha value is -1.99. The van der Waals surface area contributed by atoms with Gasteiger partial charge in [0.1, 0.15) is 6.67 Å². The number of hydrogen-bond acceptors (Lipinski definition) is 5. The Morgan fingerprint density at radius 2 is 2.04 bits per heavy atom. The highest BCUT2D eigenvalue weighted by Gasteiger charge is 2.33. The van der Waals surface area contributed by atoms with Gasteiger partial charge in [-0.2, -0.15) is 0 Å². The Labute approximate surface area is 142 Å². The van der Waals surface area contributed by atoms with Crippen LogP contribution in [0.2, 0.25) is 4.34 Å². The van der Waals surface area contributed by atoms with E-state index in [1.165, 1.54) is 23.6 Å². The number of nitrogens with zero attached hydrogens (tertiary/aromatic N) is 3. The number of pyridine rings is 1. The average Bonchev–Trinajstić information content (AvgIpc) is 2.90. The fraction of sp³-hybridized carbons (Fsp3) is 0.333. The number of aromatic nitrogens is 1. The summed E-state index contributed by atoms with van der Waals surface area (Å²) in [6, 6.07) is 4.94. The lowest BCUT2D eigenvalue weighted by atomic mass is 10.2. The van der Waals surface area contributed by atoms with Gasteiger partial charge in [-0.15, -0.1) is 11.3 Å². The van der Waals surface area contributed by atoms with Crippen LogP contribution in [0.5, 0.6) is 5.75 Å². The van der Waals surface area contributed by atoms with Crippen molar-refractivity contribution < 1.29 is 9.90 Å². The van der Waals surface area contributed by atoms with Crippen LogP contribution in [-0.2, 0) is 6.54 Å². The Morgan fingerprint density at radius 1 is 1.30 bits per heavy atom. The van der Waals surface area contributed by atoms with Crippen molar-refractivity contribution in [2.24, 2.45) is 0 Å². The molecular weight excluding hydrogens is 338 g/mol. The Balaban J connectivity index is 2.07. The highest BCUT2D eigenvalue weighted by atomic mass is 35.5. The molecule has 0 fully saturated rings. The van der Waals surface area contributed by atoms with E-state index in [9.17, 15) is 14.7 Å². The third kappa shape index (κ3) is 2.82. The fourth-order valence-electron chi connectivity index (χ4n) is 2.54. The first-order valence-electron chi connectivity index (χ1n) is 7.13. The molecule has 0 atom stereocenters. The second-order valence-electron chi connectivity index (χ2n) is 5.60. The summed E-state index contributed by atoms with van der Waals surface area (Å²) in [6.45, 7) is 4.67. The van der Waals surface area contributed by atoms with E-state index in [4.69, 9.17) is 11.6 Å². The standard InChI is InChI=1S/C15H16ClN3O3S/c1-9(2)18-8-17(7-10-3-4-12(16)23-10)19-6-5-11(20)14(21)13(19)15(18)22/h3-6,9,21H,7-8H2,1-2H3. The summed E-state index contributed by atoms with van der Waals surface area (Å²) >= 11 is 7.43. The first-order valence-corrected chi connectivity index (χ1v) is 8.33. The topological polar surface area (TPSA) is 65.8 Å². The van der Waals surface area contributed by atoms with Crippen molar-refractivity contribution in [1.82, 2.24) is 9.58 Å². The van der Waals surface area contributed by atoms with Crippen LogP contribution in [0, 0.1) is 0 Å². The van der Waals surface area contributed by atoms with Gasteiger partial charge in [0.2, 0.25) is 5.43 Å². The number of hydrogen-bond donors (Lipinski definition) is 1. The van der Waals surface area contributed by atoms with Crippen LogP contribution in [-0.4, -0.2) is 33.3 Å². The van der Waals surface area contributed by atoms with Gasteiger partial charge in [-0.25, -0.2) is 0 Å². The second kappa shape index (κ2) is 5.90. The first-order chi connectivity index (χ1) is 10.9. The molecule has 0 spiro atoms. The van der Waals surface area contributed by atoms with Gasteiger partial charge in [-0.1, -0.05) is 11.6 Å². The molecule has 2 aromatic rings. The van der Waals surface area contributed by atoms with Crippen molar-refractivity contribution >= 4 is 28.8 Å². The number of carbonyl (C=O) groups excluding carboxylic acids is 1. The van der Waals surface area contributed by atoms with Gasteiger partial charge in [-0.05, 0) is 26.0 Å². The predicted molar refractivity (Wildman–Crippen MR) is 89.8 cm³/mol. The number of amides is 1. The van der Waals surface area contributed by atoms with Crippen LogP contribution in [0.15, 0.2) is 29.2 Å². The van der Waals surface area contributed by atoms with Crippen molar-refractivity contribution in [3.05, 3.63) is 49.5 Å². The summed E-state index contributed by atoms with van der Waals surface area (Å²) < 4.78 is 2.24. The number of fused-ring (bicyclic) bond motifs is 1. The van der Waals surface area contributed by atoms with Gasteiger partial charge in [-0.3, -0.25) is 19.3 Å². The molecule has 23 heavy (non-hydrogen) atoms. The van der Waals surface area contributed by atoms with E-state index in [1.54, 1.807) is 9.58 Å². The van der Waals surface area contributed by atoms with Crippen molar-refractivity contribution in [2.45, 2.75) is 26.4 Å². The number of carbonyl (C=O) groups is 1.